The van der Waals surface area contributed by atoms with Gasteiger partial charge >= 0.3 is 0 Å². The van der Waals surface area contributed by atoms with Crippen LogP contribution in [0.4, 0.5) is 0 Å². The van der Waals surface area contributed by atoms with Crippen molar-refractivity contribution in [1.29, 1.82) is 0 Å². The Hall–Kier alpha value is -1.91. The maximum atomic E-state index is 5.68. The third-order valence-corrected chi connectivity index (χ3v) is 3.29. The molecular weight excluding hydrogens is 252 g/mol. The van der Waals surface area contributed by atoms with Crippen LogP contribution >= 0.6 is 0 Å². The number of hydrogen-bond donors (Lipinski definition) is 0. The zero-order chi connectivity index (χ0) is 13.6. The Kier molecular flexibility index (Phi) is 4.25. The number of benzene rings is 1. The fraction of sp³-hybridized carbons (Fsp3) is 0.312. The molecule has 0 saturated carbocycles. The smallest absolute Gasteiger partial charge is 0.219 e. The first-order valence-electron chi connectivity index (χ1n) is 6.88. The molecule has 104 valence electrons. The summed E-state index contributed by atoms with van der Waals surface area (Å²) in [5.74, 6) is 1.43. The number of aromatic nitrogens is 1. The lowest BCUT2D eigenvalue weighted by molar-refractivity contribution is 0.0342. The number of pyridine rings is 1. The van der Waals surface area contributed by atoms with E-state index in [1.165, 1.54) is 5.56 Å². The number of ether oxygens (including phenoxy) is 2. The van der Waals surface area contributed by atoms with E-state index in [1.54, 1.807) is 6.20 Å². The van der Waals surface area contributed by atoms with Crippen LogP contribution in [0.1, 0.15) is 5.56 Å². The Morgan fingerprint density at radius 3 is 2.55 bits per heavy atom. The Morgan fingerprint density at radius 1 is 1.05 bits per heavy atom. The van der Waals surface area contributed by atoms with Gasteiger partial charge in [-0.25, -0.2) is 4.98 Å². The molecule has 2 aromatic rings. The van der Waals surface area contributed by atoms with Gasteiger partial charge in [0, 0.05) is 31.9 Å². The molecule has 0 amide bonds. The van der Waals surface area contributed by atoms with E-state index in [-0.39, 0.29) is 0 Å². The largest absolute Gasteiger partial charge is 0.439 e. The number of nitrogens with zero attached hydrogens (tertiary/aromatic N) is 2. The summed E-state index contributed by atoms with van der Waals surface area (Å²) in [5.41, 5.74) is 1.29. The molecule has 2 heterocycles. The zero-order valence-corrected chi connectivity index (χ0v) is 11.4. The van der Waals surface area contributed by atoms with Crippen molar-refractivity contribution in [3.05, 3.63) is 54.2 Å². The van der Waals surface area contributed by atoms with Crippen molar-refractivity contribution in [2.45, 2.75) is 6.54 Å². The van der Waals surface area contributed by atoms with Crippen molar-refractivity contribution in [2.24, 2.45) is 0 Å². The van der Waals surface area contributed by atoms with Gasteiger partial charge in [0.2, 0.25) is 5.88 Å². The Morgan fingerprint density at radius 2 is 1.85 bits per heavy atom. The van der Waals surface area contributed by atoms with Crippen molar-refractivity contribution in [1.82, 2.24) is 9.88 Å². The van der Waals surface area contributed by atoms with Crippen LogP contribution in [0, 0.1) is 0 Å². The van der Waals surface area contributed by atoms with Crippen LogP contribution < -0.4 is 4.74 Å². The first-order chi connectivity index (χ1) is 9.90. The van der Waals surface area contributed by atoms with E-state index >= 15 is 0 Å². The molecule has 1 aromatic heterocycles. The van der Waals surface area contributed by atoms with E-state index in [9.17, 15) is 0 Å². The first-order valence-corrected chi connectivity index (χ1v) is 6.88. The van der Waals surface area contributed by atoms with Gasteiger partial charge in [-0.15, -0.1) is 0 Å². The fourth-order valence-electron chi connectivity index (χ4n) is 2.21. The molecule has 0 bridgehead atoms. The Labute approximate surface area is 119 Å². The van der Waals surface area contributed by atoms with Crippen LogP contribution in [0.2, 0.25) is 0 Å². The summed E-state index contributed by atoms with van der Waals surface area (Å²) in [6, 6.07) is 13.8. The van der Waals surface area contributed by atoms with Crippen LogP contribution in [0.5, 0.6) is 11.6 Å². The second-order valence-electron chi connectivity index (χ2n) is 4.80. The van der Waals surface area contributed by atoms with Gasteiger partial charge in [-0.2, -0.15) is 0 Å². The average molecular weight is 270 g/mol. The summed E-state index contributed by atoms with van der Waals surface area (Å²) in [4.78, 5) is 6.55. The highest BCUT2D eigenvalue weighted by atomic mass is 16.5. The lowest BCUT2D eigenvalue weighted by atomic mass is 10.2. The molecule has 4 heteroatoms. The summed E-state index contributed by atoms with van der Waals surface area (Å²) in [5, 5.41) is 0. The molecule has 0 atom stereocenters. The maximum absolute atomic E-state index is 5.68. The molecule has 0 aliphatic carbocycles. The van der Waals surface area contributed by atoms with E-state index in [0.29, 0.717) is 5.88 Å². The van der Waals surface area contributed by atoms with Crippen LogP contribution in [0.15, 0.2) is 48.7 Å². The van der Waals surface area contributed by atoms with Gasteiger partial charge in [0.15, 0.2) is 0 Å². The Balaban J connectivity index is 1.59. The molecule has 0 radical (unpaired) electrons. The lowest BCUT2D eigenvalue weighted by Crippen LogP contribution is -2.35. The SMILES string of the molecule is c1ccc(Oc2ccc(CN3CCOCC3)cc2)nc1. The van der Waals surface area contributed by atoms with Gasteiger partial charge in [0.1, 0.15) is 5.75 Å². The number of rotatable bonds is 4. The van der Waals surface area contributed by atoms with Crippen LogP contribution in [-0.2, 0) is 11.3 Å². The Bertz CT molecular complexity index is 522. The van der Waals surface area contributed by atoms with Crippen molar-refractivity contribution >= 4 is 0 Å². The van der Waals surface area contributed by atoms with Gasteiger partial charge in [0.05, 0.1) is 13.2 Å². The van der Waals surface area contributed by atoms with Gasteiger partial charge in [0.25, 0.3) is 0 Å². The lowest BCUT2D eigenvalue weighted by Gasteiger charge is -2.26. The summed E-state index contributed by atoms with van der Waals surface area (Å²) in [7, 11) is 0. The summed E-state index contributed by atoms with van der Waals surface area (Å²) in [6.45, 7) is 4.65. The maximum Gasteiger partial charge on any atom is 0.219 e. The fourth-order valence-corrected chi connectivity index (χ4v) is 2.21. The summed E-state index contributed by atoms with van der Waals surface area (Å²) >= 11 is 0. The van der Waals surface area contributed by atoms with Crippen molar-refractivity contribution < 1.29 is 9.47 Å². The van der Waals surface area contributed by atoms with Gasteiger partial charge < -0.3 is 9.47 Å². The quantitative estimate of drug-likeness (QED) is 0.855. The molecule has 1 fully saturated rings. The van der Waals surface area contributed by atoms with Gasteiger partial charge in [-0.3, -0.25) is 4.90 Å². The molecule has 20 heavy (non-hydrogen) atoms. The summed E-state index contributed by atoms with van der Waals surface area (Å²) < 4.78 is 11.0. The standard InChI is InChI=1S/C16H18N2O2/c1-2-8-17-16(3-1)20-15-6-4-14(5-7-15)13-18-9-11-19-12-10-18/h1-8H,9-13H2. The van der Waals surface area contributed by atoms with Crippen molar-refractivity contribution in [2.75, 3.05) is 26.3 Å². The van der Waals surface area contributed by atoms with E-state index < -0.39 is 0 Å². The van der Waals surface area contributed by atoms with Gasteiger partial charge in [-0.1, -0.05) is 18.2 Å². The third-order valence-electron chi connectivity index (χ3n) is 3.29. The second-order valence-corrected chi connectivity index (χ2v) is 4.80. The van der Waals surface area contributed by atoms with Crippen LogP contribution in [0.25, 0.3) is 0 Å². The molecule has 1 saturated heterocycles. The molecule has 1 aromatic carbocycles. The van der Waals surface area contributed by atoms with Crippen LogP contribution in [0.3, 0.4) is 0 Å². The predicted molar refractivity (Wildman–Crippen MR) is 76.8 cm³/mol. The highest BCUT2D eigenvalue weighted by Gasteiger charge is 2.10. The molecular formula is C16H18N2O2. The highest BCUT2D eigenvalue weighted by molar-refractivity contribution is 5.30. The molecule has 1 aliphatic rings. The third kappa shape index (κ3) is 3.56. The second kappa shape index (κ2) is 6.50. The molecule has 3 rings (SSSR count). The van der Waals surface area contributed by atoms with Gasteiger partial charge in [-0.05, 0) is 23.8 Å². The minimum absolute atomic E-state index is 0.619. The van der Waals surface area contributed by atoms with E-state index in [1.807, 2.05) is 30.3 Å². The summed E-state index contributed by atoms with van der Waals surface area (Å²) in [6.07, 6.45) is 1.72. The molecule has 0 unspecified atom stereocenters. The van der Waals surface area contributed by atoms with E-state index in [2.05, 4.69) is 22.0 Å². The van der Waals surface area contributed by atoms with E-state index in [4.69, 9.17) is 9.47 Å². The minimum Gasteiger partial charge on any atom is -0.439 e. The molecule has 0 N–H and O–H groups in total. The molecule has 1 aliphatic heterocycles. The topological polar surface area (TPSA) is 34.6 Å². The molecule has 4 nitrogen and oxygen atoms in total. The van der Waals surface area contributed by atoms with Crippen molar-refractivity contribution in [3.8, 4) is 11.6 Å². The number of morpholine rings is 1. The normalized spacial score (nSPS) is 16.0. The number of hydrogen-bond acceptors (Lipinski definition) is 4. The van der Waals surface area contributed by atoms with Crippen molar-refractivity contribution in [3.63, 3.8) is 0 Å². The first kappa shape index (κ1) is 13.1. The van der Waals surface area contributed by atoms with Crippen LogP contribution in [-0.4, -0.2) is 36.2 Å². The average Bonchev–Trinajstić information content (AvgIpc) is 2.51. The van der Waals surface area contributed by atoms with E-state index in [0.717, 1.165) is 38.6 Å². The minimum atomic E-state index is 0.619. The monoisotopic (exact) mass is 270 g/mol. The zero-order valence-electron chi connectivity index (χ0n) is 11.4. The molecule has 0 spiro atoms. The highest BCUT2D eigenvalue weighted by Crippen LogP contribution is 2.19. The predicted octanol–water partition coefficient (Wildman–Crippen LogP) is 2.71.